The average Bonchev–Trinajstić information content (AvgIpc) is 1.96. The van der Waals surface area contributed by atoms with E-state index in [9.17, 15) is 0 Å². The Kier molecular flexibility index (Phi) is 5.76. The molecule has 0 fully saturated rings. The van der Waals surface area contributed by atoms with Crippen LogP contribution in [0, 0.1) is 0 Å². The van der Waals surface area contributed by atoms with Gasteiger partial charge in [-0.25, -0.2) is 0 Å². The van der Waals surface area contributed by atoms with Gasteiger partial charge in [-0.3, -0.25) is 0 Å². The van der Waals surface area contributed by atoms with Gasteiger partial charge in [-0.2, -0.15) is 0 Å². The first-order valence-corrected chi connectivity index (χ1v) is 4.20. The van der Waals surface area contributed by atoms with Gasteiger partial charge < -0.3 is 9.62 Å². The van der Waals surface area contributed by atoms with Crippen molar-refractivity contribution in [3.8, 4) is 0 Å². The molecule has 0 atom stereocenters. The molecule has 0 aromatic rings. The van der Waals surface area contributed by atoms with Gasteiger partial charge in [0, 0.05) is 0 Å². The van der Waals surface area contributed by atoms with Crippen LogP contribution in [0.2, 0.25) is 6.32 Å². The molecule has 0 radical (unpaired) electrons. The molecule has 0 rings (SSSR count). The molecule has 0 saturated heterocycles. The topological polar surface area (TPSA) is 6.48 Å². The van der Waals surface area contributed by atoms with Crippen molar-refractivity contribution in [2.45, 2.75) is 6.32 Å². The highest BCUT2D eigenvalue weighted by molar-refractivity contribution is 6.52. The van der Waals surface area contributed by atoms with Gasteiger partial charge in [0.1, 0.15) is 0 Å². The Bertz CT molecular complexity index is 145. The fraction of sp³-hybridized carbons (Fsp3) is 0.556. The van der Waals surface area contributed by atoms with Crippen molar-refractivity contribution in [2.75, 3.05) is 28.2 Å². The van der Waals surface area contributed by atoms with E-state index in [-0.39, 0.29) is 0 Å². The first kappa shape index (κ1) is 11.5. The van der Waals surface area contributed by atoms with Crippen molar-refractivity contribution in [2.24, 2.45) is 0 Å². The summed E-state index contributed by atoms with van der Waals surface area (Å²) in [6.45, 7) is 4.11. The van der Waals surface area contributed by atoms with Crippen LogP contribution in [0.4, 0.5) is 0 Å². The predicted molar refractivity (Wildman–Crippen MR) is 57.3 cm³/mol. The van der Waals surface area contributed by atoms with E-state index < -0.39 is 0 Å². The zero-order valence-electron chi connectivity index (χ0n) is 8.62. The lowest BCUT2D eigenvalue weighted by Gasteiger charge is -2.25. The lowest BCUT2D eigenvalue weighted by molar-refractivity contribution is 0.518. The predicted octanol–water partition coefficient (Wildman–Crippen LogP) is 1.34. The molecule has 0 bridgehead atoms. The van der Waals surface area contributed by atoms with Crippen molar-refractivity contribution in [1.29, 1.82) is 0 Å². The maximum atomic E-state index is 3.63. The summed E-state index contributed by atoms with van der Waals surface area (Å²) in [5.74, 6) is 0. The summed E-state index contributed by atoms with van der Waals surface area (Å²) in [4.78, 5) is 4.40. The normalized spacial score (nSPS) is 11.5. The summed E-state index contributed by atoms with van der Waals surface area (Å²) < 4.78 is 0. The zero-order chi connectivity index (χ0) is 9.56. The molecule has 0 aliphatic heterocycles. The summed E-state index contributed by atoms with van der Waals surface area (Å²) in [6.07, 6.45) is 6.96. The largest absolute Gasteiger partial charge is 0.334 e. The minimum atomic E-state index is 0.473. The van der Waals surface area contributed by atoms with Gasteiger partial charge in [0.25, 0.3) is 0 Å². The fourth-order valence-corrected chi connectivity index (χ4v) is 1.18. The molecular weight excluding hydrogens is 147 g/mol. The van der Waals surface area contributed by atoms with Crippen LogP contribution < -0.4 is 0 Å². The van der Waals surface area contributed by atoms with Crippen molar-refractivity contribution in [3.63, 3.8) is 0 Å². The van der Waals surface area contributed by atoms with Gasteiger partial charge in [0.2, 0.25) is 0 Å². The number of rotatable bonds is 5. The summed E-state index contributed by atoms with van der Waals surface area (Å²) in [6, 6.07) is 0. The van der Waals surface area contributed by atoms with E-state index in [2.05, 4.69) is 50.5 Å². The van der Waals surface area contributed by atoms with Gasteiger partial charge in [-0.15, -0.1) is 0 Å². The Labute approximate surface area is 76.7 Å². The monoisotopic (exact) mass is 166 g/mol. The number of nitrogens with zero attached hydrogens (tertiary/aromatic N) is 2. The van der Waals surface area contributed by atoms with Crippen molar-refractivity contribution >= 4 is 6.98 Å². The zero-order valence-corrected chi connectivity index (χ0v) is 8.62. The quantitative estimate of drug-likeness (QED) is 0.449. The van der Waals surface area contributed by atoms with Crippen LogP contribution in [0.3, 0.4) is 0 Å². The van der Waals surface area contributed by atoms with E-state index in [0.717, 1.165) is 6.32 Å². The standard InChI is InChI=1S/C9H19BN2/c1-6-7-8-9-10(11(2)3)12(4)5/h6-8H,1,9H2,2-5H3. The number of allylic oxidation sites excluding steroid dienone is 3. The highest BCUT2D eigenvalue weighted by Gasteiger charge is 2.17. The summed E-state index contributed by atoms with van der Waals surface area (Å²) in [5, 5.41) is 0. The molecule has 0 saturated carbocycles. The van der Waals surface area contributed by atoms with Gasteiger partial charge >= 0.3 is 6.98 Å². The van der Waals surface area contributed by atoms with E-state index in [1.165, 1.54) is 0 Å². The SMILES string of the molecule is C=CC=CCB(N(C)C)N(C)C. The third-order valence-corrected chi connectivity index (χ3v) is 1.81. The summed E-state index contributed by atoms with van der Waals surface area (Å²) in [5.41, 5.74) is 0. The Morgan fingerprint density at radius 3 is 2.00 bits per heavy atom. The second kappa shape index (κ2) is 6.03. The van der Waals surface area contributed by atoms with Crippen LogP contribution in [0.1, 0.15) is 0 Å². The molecule has 3 heteroatoms. The first-order valence-electron chi connectivity index (χ1n) is 4.20. The summed E-state index contributed by atoms with van der Waals surface area (Å²) in [7, 11) is 8.36. The lowest BCUT2D eigenvalue weighted by atomic mass is 9.69. The van der Waals surface area contributed by atoms with Gasteiger partial charge in [0.15, 0.2) is 0 Å². The van der Waals surface area contributed by atoms with Crippen LogP contribution in [-0.2, 0) is 0 Å². The van der Waals surface area contributed by atoms with E-state index in [4.69, 9.17) is 0 Å². The smallest absolute Gasteiger partial charge is 0.313 e. The molecule has 0 amide bonds. The molecule has 0 spiro atoms. The van der Waals surface area contributed by atoms with Crippen LogP contribution in [0.15, 0.2) is 24.8 Å². The van der Waals surface area contributed by atoms with Crippen molar-refractivity contribution in [3.05, 3.63) is 24.8 Å². The molecule has 12 heavy (non-hydrogen) atoms. The van der Waals surface area contributed by atoms with E-state index >= 15 is 0 Å². The second-order valence-electron chi connectivity index (χ2n) is 3.31. The van der Waals surface area contributed by atoms with Crippen molar-refractivity contribution < 1.29 is 0 Å². The van der Waals surface area contributed by atoms with Crippen LogP contribution in [-0.4, -0.2) is 44.8 Å². The Balaban J connectivity index is 3.96. The highest BCUT2D eigenvalue weighted by Crippen LogP contribution is 2.00. The second-order valence-corrected chi connectivity index (χ2v) is 3.31. The molecule has 0 unspecified atom stereocenters. The van der Waals surface area contributed by atoms with Gasteiger partial charge in [-0.1, -0.05) is 24.8 Å². The van der Waals surface area contributed by atoms with E-state index in [1.54, 1.807) is 0 Å². The maximum Gasteiger partial charge on any atom is 0.313 e. The first-order chi connectivity index (χ1) is 5.59. The number of hydrogen-bond donors (Lipinski definition) is 0. The molecule has 0 aliphatic carbocycles. The van der Waals surface area contributed by atoms with Crippen LogP contribution in [0.25, 0.3) is 0 Å². The van der Waals surface area contributed by atoms with Gasteiger partial charge in [-0.05, 0) is 34.5 Å². The number of hydrogen-bond acceptors (Lipinski definition) is 2. The average molecular weight is 166 g/mol. The maximum absolute atomic E-state index is 3.63. The fourth-order valence-electron chi connectivity index (χ4n) is 1.18. The van der Waals surface area contributed by atoms with E-state index in [1.807, 2.05) is 12.2 Å². The Morgan fingerprint density at radius 1 is 1.17 bits per heavy atom. The van der Waals surface area contributed by atoms with Crippen molar-refractivity contribution in [1.82, 2.24) is 9.62 Å². The molecule has 0 aromatic carbocycles. The lowest BCUT2D eigenvalue weighted by Crippen LogP contribution is -2.44. The molecule has 0 aliphatic rings. The molecular formula is C9H19BN2. The molecule has 0 N–H and O–H groups in total. The molecule has 0 aromatic heterocycles. The molecule has 68 valence electrons. The third kappa shape index (κ3) is 4.37. The Hall–Kier alpha value is -0.535. The van der Waals surface area contributed by atoms with Crippen LogP contribution >= 0.6 is 0 Å². The highest BCUT2D eigenvalue weighted by atomic mass is 15.2. The minimum Gasteiger partial charge on any atom is -0.334 e. The Morgan fingerprint density at radius 2 is 1.67 bits per heavy atom. The third-order valence-electron chi connectivity index (χ3n) is 1.81. The summed E-state index contributed by atoms with van der Waals surface area (Å²) >= 11 is 0. The minimum absolute atomic E-state index is 0.473. The van der Waals surface area contributed by atoms with Crippen LogP contribution in [0.5, 0.6) is 0 Å². The molecule has 2 nitrogen and oxygen atoms in total. The van der Waals surface area contributed by atoms with Gasteiger partial charge in [0.05, 0.1) is 0 Å². The molecule has 0 heterocycles. The van der Waals surface area contributed by atoms with E-state index in [0.29, 0.717) is 6.98 Å².